The third-order valence-electron chi connectivity index (χ3n) is 3.30. The molecule has 4 N–H and O–H groups in total. The van der Waals surface area contributed by atoms with Crippen molar-refractivity contribution in [2.45, 2.75) is 13.5 Å². The molecule has 2 aromatic heterocycles. The fourth-order valence-corrected chi connectivity index (χ4v) is 2.39. The number of anilines is 2. The maximum atomic E-state index is 11.4. The molecule has 0 amide bonds. The van der Waals surface area contributed by atoms with Crippen LogP contribution in [0, 0.1) is 0 Å². The van der Waals surface area contributed by atoms with Gasteiger partial charge in [-0.3, -0.25) is 4.79 Å². The summed E-state index contributed by atoms with van der Waals surface area (Å²) in [5, 5.41) is 0.753. The van der Waals surface area contributed by atoms with Gasteiger partial charge in [-0.15, -0.1) is 0 Å². The lowest BCUT2D eigenvalue weighted by Crippen LogP contribution is -2.05. The van der Waals surface area contributed by atoms with E-state index in [0.717, 1.165) is 16.5 Å². The fraction of sp³-hybridized carbons (Fsp3) is 0.133. The first-order valence-electron chi connectivity index (χ1n) is 6.51. The van der Waals surface area contributed by atoms with Crippen molar-refractivity contribution in [2.75, 3.05) is 11.5 Å². The quantitative estimate of drug-likeness (QED) is 0.714. The largest absolute Gasteiger partial charge is 0.399 e. The number of nitrogens with two attached hydrogens (primary N) is 2. The molecule has 106 valence electrons. The van der Waals surface area contributed by atoms with Crippen LogP contribution in [0.25, 0.3) is 22.2 Å². The van der Waals surface area contributed by atoms with Crippen LogP contribution >= 0.6 is 0 Å². The van der Waals surface area contributed by atoms with Crippen LogP contribution in [0.2, 0.25) is 0 Å². The molecule has 0 unspecified atom stereocenters. The molecule has 0 aliphatic heterocycles. The van der Waals surface area contributed by atoms with E-state index in [-0.39, 0.29) is 12.3 Å². The lowest BCUT2D eigenvalue weighted by Gasteiger charge is -2.01. The normalized spacial score (nSPS) is 10.9. The first-order chi connectivity index (χ1) is 10.1. The van der Waals surface area contributed by atoms with Crippen LogP contribution in [0.3, 0.4) is 0 Å². The van der Waals surface area contributed by atoms with Gasteiger partial charge in [0.2, 0.25) is 0 Å². The van der Waals surface area contributed by atoms with Gasteiger partial charge < -0.3 is 16.0 Å². The van der Waals surface area contributed by atoms with E-state index in [9.17, 15) is 4.79 Å². The molecule has 0 radical (unpaired) electrons. The van der Waals surface area contributed by atoms with Gasteiger partial charge in [-0.05, 0) is 24.6 Å². The Balaban J connectivity index is 2.27. The van der Waals surface area contributed by atoms with Crippen LogP contribution in [-0.2, 0) is 11.3 Å². The number of hydrogen-bond donors (Lipinski definition) is 2. The summed E-state index contributed by atoms with van der Waals surface area (Å²) in [6.07, 6.45) is 3.28. The lowest BCUT2D eigenvalue weighted by atomic mass is 10.1. The molecule has 0 aliphatic carbocycles. The lowest BCUT2D eigenvalue weighted by molar-refractivity contribution is -0.117. The molecule has 0 saturated heterocycles. The Morgan fingerprint density at radius 3 is 2.57 bits per heavy atom. The number of ketones is 1. The smallest absolute Gasteiger partial charge is 0.149 e. The van der Waals surface area contributed by atoms with Gasteiger partial charge in [0, 0.05) is 17.4 Å². The minimum absolute atomic E-state index is 0.0490. The maximum absolute atomic E-state index is 11.4. The Labute approximate surface area is 121 Å². The van der Waals surface area contributed by atoms with Crippen LogP contribution in [0.4, 0.5) is 11.5 Å². The highest BCUT2D eigenvalue weighted by molar-refractivity contribution is 6.01. The molecular weight excluding hydrogens is 266 g/mol. The second kappa shape index (κ2) is 4.90. The highest BCUT2D eigenvalue weighted by Crippen LogP contribution is 2.32. The van der Waals surface area contributed by atoms with Crippen LogP contribution in [0.5, 0.6) is 0 Å². The van der Waals surface area contributed by atoms with Crippen molar-refractivity contribution >= 4 is 28.3 Å². The standard InChI is InChI=1S/C15H15N5O/c1-9(21)6-20-7-12(10-2-4-11(16)5-3-10)13-14(17)18-8-19-15(13)20/h2-5,7-8H,6,16H2,1H3,(H2,17,18,19). The topological polar surface area (TPSA) is 99.8 Å². The SMILES string of the molecule is CC(=O)Cn1cc(-c2ccc(N)cc2)c2c(N)ncnc21. The third-order valence-corrected chi connectivity index (χ3v) is 3.30. The Morgan fingerprint density at radius 2 is 1.90 bits per heavy atom. The average molecular weight is 281 g/mol. The van der Waals surface area contributed by atoms with Gasteiger partial charge in [0.25, 0.3) is 0 Å². The molecular formula is C15H15N5O. The second-order valence-electron chi connectivity index (χ2n) is 4.95. The predicted octanol–water partition coefficient (Wildman–Crippen LogP) is 1.85. The summed E-state index contributed by atoms with van der Waals surface area (Å²) >= 11 is 0. The van der Waals surface area contributed by atoms with Crippen molar-refractivity contribution in [1.29, 1.82) is 0 Å². The zero-order chi connectivity index (χ0) is 15.0. The number of nitrogens with zero attached hydrogens (tertiary/aromatic N) is 3. The van der Waals surface area contributed by atoms with Crippen LogP contribution in [0.1, 0.15) is 6.92 Å². The number of carbonyl (C=O) groups excluding carboxylic acids is 1. The molecule has 0 aliphatic rings. The highest BCUT2D eigenvalue weighted by atomic mass is 16.1. The molecule has 0 bridgehead atoms. The number of carbonyl (C=O) groups is 1. The minimum Gasteiger partial charge on any atom is -0.399 e. The second-order valence-corrected chi connectivity index (χ2v) is 4.95. The molecule has 6 nitrogen and oxygen atoms in total. The minimum atomic E-state index is 0.0490. The van der Waals surface area contributed by atoms with Gasteiger partial charge in [-0.25, -0.2) is 9.97 Å². The van der Waals surface area contributed by atoms with Crippen molar-refractivity contribution in [1.82, 2.24) is 14.5 Å². The molecule has 6 heteroatoms. The van der Waals surface area contributed by atoms with Gasteiger partial charge in [0.15, 0.2) is 0 Å². The zero-order valence-electron chi connectivity index (χ0n) is 11.6. The molecule has 0 saturated carbocycles. The maximum Gasteiger partial charge on any atom is 0.149 e. The number of Topliss-reactive ketones (excluding diaryl/α,β-unsaturated/α-hetero) is 1. The number of aromatic nitrogens is 3. The molecule has 0 atom stereocenters. The summed E-state index contributed by atoms with van der Waals surface area (Å²) in [5.41, 5.74) is 14.9. The first-order valence-corrected chi connectivity index (χ1v) is 6.51. The Morgan fingerprint density at radius 1 is 1.19 bits per heavy atom. The van der Waals surface area contributed by atoms with Crippen molar-refractivity contribution in [2.24, 2.45) is 0 Å². The van der Waals surface area contributed by atoms with Crippen molar-refractivity contribution in [3.05, 3.63) is 36.8 Å². The van der Waals surface area contributed by atoms with Crippen molar-refractivity contribution < 1.29 is 4.79 Å². The first kappa shape index (κ1) is 13.1. The molecule has 2 heterocycles. The van der Waals surface area contributed by atoms with Gasteiger partial charge in [0.05, 0.1) is 11.9 Å². The molecule has 0 spiro atoms. The summed E-state index contributed by atoms with van der Waals surface area (Å²) < 4.78 is 1.79. The molecule has 3 aromatic rings. The fourth-order valence-electron chi connectivity index (χ4n) is 2.39. The van der Waals surface area contributed by atoms with Crippen LogP contribution in [0.15, 0.2) is 36.8 Å². The Hall–Kier alpha value is -2.89. The van der Waals surface area contributed by atoms with E-state index in [2.05, 4.69) is 9.97 Å². The average Bonchev–Trinajstić information content (AvgIpc) is 2.79. The number of benzene rings is 1. The number of hydrogen-bond acceptors (Lipinski definition) is 5. The predicted molar refractivity (Wildman–Crippen MR) is 82.5 cm³/mol. The van der Waals surface area contributed by atoms with E-state index in [0.29, 0.717) is 17.2 Å². The summed E-state index contributed by atoms with van der Waals surface area (Å²) in [5.74, 6) is 0.446. The van der Waals surface area contributed by atoms with Crippen molar-refractivity contribution in [3.8, 4) is 11.1 Å². The van der Waals surface area contributed by atoms with E-state index < -0.39 is 0 Å². The molecule has 0 fully saturated rings. The van der Waals surface area contributed by atoms with Crippen LogP contribution in [-0.4, -0.2) is 20.3 Å². The number of rotatable bonds is 3. The van der Waals surface area contributed by atoms with E-state index >= 15 is 0 Å². The molecule has 21 heavy (non-hydrogen) atoms. The summed E-state index contributed by atoms with van der Waals surface area (Å²) in [6.45, 7) is 1.79. The Bertz CT molecular complexity index is 820. The van der Waals surface area contributed by atoms with Crippen LogP contribution < -0.4 is 11.5 Å². The summed E-state index contributed by atoms with van der Waals surface area (Å²) in [4.78, 5) is 19.7. The van der Waals surface area contributed by atoms with Gasteiger partial charge in [-0.2, -0.15) is 0 Å². The van der Waals surface area contributed by atoms with E-state index in [1.54, 1.807) is 11.5 Å². The Kier molecular flexibility index (Phi) is 3.06. The zero-order valence-corrected chi connectivity index (χ0v) is 11.6. The molecule has 3 rings (SSSR count). The van der Waals surface area contributed by atoms with Gasteiger partial charge in [0.1, 0.15) is 23.6 Å². The van der Waals surface area contributed by atoms with E-state index in [1.165, 1.54) is 6.33 Å². The van der Waals surface area contributed by atoms with Gasteiger partial charge in [-0.1, -0.05) is 12.1 Å². The van der Waals surface area contributed by atoms with E-state index in [1.807, 2.05) is 30.5 Å². The van der Waals surface area contributed by atoms with Crippen molar-refractivity contribution in [3.63, 3.8) is 0 Å². The number of fused-ring (bicyclic) bond motifs is 1. The monoisotopic (exact) mass is 281 g/mol. The number of nitrogen functional groups attached to an aromatic ring is 2. The highest BCUT2D eigenvalue weighted by Gasteiger charge is 2.15. The van der Waals surface area contributed by atoms with E-state index in [4.69, 9.17) is 11.5 Å². The third kappa shape index (κ3) is 2.31. The summed E-state index contributed by atoms with van der Waals surface area (Å²) in [6, 6.07) is 7.47. The van der Waals surface area contributed by atoms with Gasteiger partial charge >= 0.3 is 0 Å². The summed E-state index contributed by atoms with van der Waals surface area (Å²) in [7, 11) is 0. The molecule has 1 aromatic carbocycles.